The lowest BCUT2D eigenvalue weighted by atomic mass is 9.97. The molecule has 0 aliphatic carbocycles. The molecule has 0 heterocycles. The predicted octanol–water partition coefficient (Wildman–Crippen LogP) is 6.45. The van der Waals surface area contributed by atoms with Crippen molar-refractivity contribution in [1.29, 1.82) is 0 Å². The number of rotatable bonds is 18. The van der Waals surface area contributed by atoms with Gasteiger partial charge in [-0.25, -0.2) is 4.79 Å². The van der Waals surface area contributed by atoms with E-state index in [0.29, 0.717) is 36.6 Å². The van der Waals surface area contributed by atoms with Crippen LogP contribution in [-0.4, -0.2) is 70.7 Å². The number of aliphatic carboxylic acids is 1. The Bertz CT molecular complexity index is 1430. The normalized spacial score (nSPS) is 13.7. The van der Waals surface area contributed by atoms with Crippen molar-refractivity contribution in [3.63, 3.8) is 0 Å². The standard InChI is InChI=1S/C34H42F3N3O4S2/c1-4-23(2)30(39-32(42)22-46-21-24-12-14-27(15-13-24)34(35,36)37)19-40(20-31(41)38-29(33(43)44)16-17-45-3)18-26-10-7-9-25-8-5-6-11-28(25)26/h5-15,23,29-30H,4,16-22H2,1-3H3,(H,38,41)(H,39,42)(H,43,44). The topological polar surface area (TPSA) is 98.7 Å². The Morgan fingerprint density at radius 1 is 0.957 bits per heavy atom. The van der Waals surface area contributed by atoms with Crippen molar-refractivity contribution in [1.82, 2.24) is 15.5 Å². The summed E-state index contributed by atoms with van der Waals surface area (Å²) in [6, 6.07) is 17.5. The van der Waals surface area contributed by atoms with Gasteiger partial charge >= 0.3 is 12.1 Å². The molecule has 250 valence electrons. The molecule has 0 spiro atoms. The summed E-state index contributed by atoms with van der Waals surface area (Å²) in [5.41, 5.74) is 0.980. The smallest absolute Gasteiger partial charge is 0.416 e. The van der Waals surface area contributed by atoms with Crippen molar-refractivity contribution < 1.29 is 32.7 Å². The van der Waals surface area contributed by atoms with Crippen LogP contribution >= 0.6 is 23.5 Å². The molecule has 3 atom stereocenters. The molecule has 2 amide bonds. The Balaban J connectivity index is 1.72. The molecule has 7 nitrogen and oxygen atoms in total. The maximum absolute atomic E-state index is 13.2. The van der Waals surface area contributed by atoms with Gasteiger partial charge in [0.15, 0.2) is 0 Å². The number of nitrogens with zero attached hydrogens (tertiary/aromatic N) is 1. The van der Waals surface area contributed by atoms with Gasteiger partial charge in [0.25, 0.3) is 0 Å². The highest BCUT2D eigenvalue weighted by atomic mass is 32.2. The molecule has 0 radical (unpaired) electrons. The highest BCUT2D eigenvalue weighted by molar-refractivity contribution is 7.99. The molecule has 3 aromatic rings. The number of nitrogens with one attached hydrogen (secondary N) is 2. The van der Waals surface area contributed by atoms with E-state index in [1.165, 1.54) is 35.7 Å². The molecule has 3 N–H and O–H groups in total. The van der Waals surface area contributed by atoms with Gasteiger partial charge in [-0.3, -0.25) is 14.5 Å². The Hall–Kier alpha value is -3.22. The number of hydrogen-bond acceptors (Lipinski definition) is 6. The molecule has 3 rings (SSSR count). The minimum absolute atomic E-state index is 0.0578. The fourth-order valence-corrected chi connectivity index (χ4v) is 6.29. The second-order valence-corrected chi connectivity index (χ2v) is 13.3. The molecule has 3 aromatic carbocycles. The SMILES string of the molecule is CCC(C)C(CN(CC(=O)NC(CCSC)C(=O)O)Cc1cccc2ccccc12)NC(=O)CSCc1ccc(C(F)(F)F)cc1. The minimum atomic E-state index is -4.40. The number of fused-ring (bicyclic) bond motifs is 1. The number of carboxylic acids is 1. The van der Waals surface area contributed by atoms with Crippen molar-refractivity contribution in [2.75, 3.05) is 30.9 Å². The lowest BCUT2D eigenvalue weighted by Crippen LogP contribution is -2.51. The Morgan fingerprint density at radius 3 is 2.30 bits per heavy atom. The molecule has 0 saturated heterocycles. The molecule has 0 aromatic heterocycles. The summed E-state index contributed by atoms with van der Waals surface area (Å²) in [7, 11) is 0. The average Bonchev–Trinajstić information content (AvgIpc) is 3.02. The molecular weight excluding hydrogens is 636 g/mol. The number of carboxylic acid groups (broad SMARTS) is 1. The number of halogens is 3. The van der Waals surface area contributed by atoms with E-state index in [0.717, 1.165) is 34.9 Å². The number of amides is 2. The number of benzene rings is 3. The predicted molar refractivity (Wildman–Crippen MR) is 181 cm³/mol. The van der Waals surface area contributed by atoms with Crippen molar-refractivity contribution in [2.24, 2.45) is 5.92 Å². The van der Waals surface area contributed by atoms with Gasteiger partial charge in [-0.2, -0.15) is 24.9 Å². The monoisotopic (exact) mass is 677 g/mol. The van der Waals surface area contributed by atoms with E-state index in [1.807, 2.05) is 67.5 Å². The van der Waals surface area contributed by atoms with Gasteiger partial charge in [0.2, 0.25) is 11.8 Å². The Kier molecular flexibility index (Phi) is 14.7. The molecule has 0 saturated carbocycles. The maximum Gasteiger partial charge on any atom is 0.416 e. The van der Waals surface area contributed by atoms with E-state index in [1.54, 1.807) is 0 Å². The quantitative estimate of drug-likeness (QED) is 0.142. The van der Waals surface area contributed by atoms with Gasteiger partial charge in [0.05, 0.1) is 17.9 Å². The molecular formula is C34H42F3N3O4S2. The number of carbonyl (C=O) groups excluding carboxylic acids is 2. The molecule has 0 aliphatic heterocycles. The van der Waals surface area contributed by atoms with Gasteiger partial charge in [0.1, 0.15) is 6.04 Å². The lowest BCUT2D eigenvalue weighted by molar-refractivity contribution is -0.142. The first-order valence-electron chi connectivity index (χ1n) is 15.1. The zero-order chi connectivity index (χ0) is 33.7. The van der Waals surface area contributed by atoms with Crippen LogP contribution in [0.3, 0.4) is 0 Å². The zero-order valence-electron chi connectivity index (χ0n) is 26.3. The molecule has 0 fully saturated rings. The van der Waals surface area contributed by atoms with Crippen LogP contribution < -0.4 is 10.6 Å². The van der Waals surface area contributed by atoms with E-state index in [2.05, 4.69) is 10.6 Å². The zero-order valence-corrected chi connectivity index (χ0v) is 27.9. The van der Waals surface area contributed by atoms with E-state index in [-0.39, 0.29) is 30.2 Å². The summed E-state index contributed by atoms with van der Waals surface area (Å²) < 4.78 is 38.6. The van der Waals surface area contributed by atoms with Gasteiger partial charge in [0, 0.05) is 24.9 Å². The minimum Gasteiger partial charge on any atom is -0.480 e. The van der Waals surface area contributed by atoms with Gasteiger partial charge in [-0.15, -0.1) is 11.8 Å². The van der Waals surface area contributed by atoms with Crippen molar-refractivity contribution in [3.05, 3.63) is 83.4 Å². The highest BCUT2D eigenvalue weighted by Gasteiger charge is 2.30. The third kappa shape index (κ3) is 11.9. The van der Waals surface area contributed by atoms with Gasteiger partial charge in [-0.1, -0.05) is 74.9 Å². The van der Waals surface area contributed by atoms with E-state index in [9.17, 15) is 32.7 Å². The van der Waals surface area contributed by atoms with E-state index in [4.69, 9.17) is 0 Å². The van der Waals surface area contributed by atoms with Gasteiger partial charge < -0.3 is 15.7 Å². The summed E-state index contributed by atoms with van der Waals surface area (Å²) in [4.78, 5) is 40.0. The van der Waals surface area contributed by atoms with Crippen LogP contribution in [0.25, 0.3) is 10.8 Å². The van der Waals surface area contributed by atoms with Crippen LogP contribution in [0.15, 0.2) is 66.7 Å². The highest BCUT2D eigenvalue weighted by Crippen LogP contribution is 2.29. The van der Waals surface area contributed by atoms with E-state index >= 15 is 0 Å². The fourth-order valence-electron chi connectivity index (χ4n) is 5.02. The third-order valence-electron chi connectivity index (χ3n) is 7.80. The van der Waals surface area contributed by atoms with Crippen LogP contribution in [0.5, 0.6) is 0 Å². The summed E-state index contributed by atoms with van der Waals surface area (Å²) >= 11 is 2.82. The van der Waals surface area contributed by atoms with E-state index < -0.39 is 29.7 Å². The molecule has 46 heavy (non-hydrogen) atoms. The first-order valence-corrected chi connectivity index (χ1v) is 17.7. The first kappa shape index (κ1) is 37.2. The van der Waals surface area contributed by atoms with Gasteiger partial charge in [-0.05, 0) is 58.4 Å². The van der Waals surface area contributed by atoms with Crippen LogP contribution in [-0.2, 0) is 32.9 Å². The van der Waals surface area contributed by atoms with Crippen LogP contribution in [0.4, 0.5) is 13.2 Å². The lowest BCUT2D eigenvalue weighted by Gasteiger charge is -2.31. The van der Waals surface area contributed by atoms with Crippen molar-refractivity contribution >= 4 is 52.1 Å². The fraction of sp³-hybridized carbons (Fsp3) is 0.441. The Labute approximate surface area is 277 Å². The van der Waals surface area contributed by atoms with Crippen LogP contribution in [0.2, 0.25) is 0 Å². The summed E-state index contributed by atoms with van der Waals surface area (Å²) in [6.45, 7) is 4.75. The maximum atomic E-state index is 13.2. The molecule has 0 aliphatic rings. The van der Waals surface area contributed by atoms with Crippen LogP contribution in [0.1, 0.15) is 43.4 Å². The number of hydrogen-bond donors (Lipinski definition) is 3. The third-order valence-corrected chi connectivity index (χ3v) is 9.45. The molecule has 3 unspecified atom stereocenters. The van der Waals surface area contributed by atoms with Crippen LogP contribution in [0, 0.1) is 5.92 Å². The number of carbonyl (C=O) groups is 3. The summed E-state index contributed by atoms with van der Waals surface area (Å²) in [5.74, 6) is -0.538. The number of alkyl halides is 3. The number of thioether (sulfide) groups is 2. The summed E-state index contributed by atoms with van der Waals surface area (Å²) in [6.07, 6.45) is -1.44. The molecule has 0 bridgehead atoms. The van der Waals surface area contributed by atoms with Crippen molar-refractivity contribution in [2.45, 2.75) is 57.2 Å². The average molecular weight is 678 g/mol. The first-order chi connectivity index (χ1) is 21.9. The van der Waals surface area contributed by atoms with Crippen molar-refractivity contribution in [3.8, 4) is 0 Å². The second kappa shape index (κ2) is 18.2. The second-order valence-electron chi connectivity index (χ2n) is 11.3. The summed E-state index contributed by atoms with van der Waals surface area (Å²) in [5, 5.41) is 17.5. The molecule has 12 heteroatoms. The Morgan fingerprint density at radius 2 is 1.65 bits per heavy atom. The largest absolute Gasteiger partial charge is 0.480 e.